The van der Waals surface area contributed by atoms with Gasteiger partial charge in [0.2, 0.25) is 5.91 Å². The van der Waals surface area contributed by atoms with Crippen LogP contribution in [-0.4, -0.2) is 17.0 Å². The Morgan fingerprint density at radius 3 is 2.43 bits per heavy atom. The summed E-state index contributed by atoms with van der Waals surface area (Å²) in [5, 5.41) is 14.0. The highest BCUT2D eigenvalue weighted by Gasteiger charge is 2.51. The van der Waals surface area contributed by atoms with E-state index in [0.717, 1.165) is 10.4 Å². The minimum atomic E-state index is -0.767. The van der Waals surface area contributed by atoms with Gasteiger partial charge in [0.25, 0.3) is 0 Å². The summed E-state index contributed by atoms with van der Waals surface area (Å²) in [4.78, 5) is 24.2. The highest BCUT2D eigenvalue weighted by atomic mass is 32.1. The number of carbonyl (C=O) groups is 2. The van der Waals surface area contributed by atoms with Crippen LogP contribution < -0.4 is 5.32 Å². The molecule has 0 saturated heterocycles. The molecule has 1 aliphatic carbocycles. The molecule has 21 heavy (non-hydrogen) atoms. The summed E-state index contributed by atoms with van der Waals surface area (Å²) >= 11 is 1.55. The van der Waals surface area contributed by atoms with Gasteiger partial charge in [-0.25, -0.2) is 0 Å². The first-order chi connectivity index (χ1) is 10.1. The minimum absolute atomic E-state index is 0.0652. The summed E-state index contributed by atoms with van der Waals surface area (Å²) < 4.78 is 0. The van der Waals surface area contributed by atoms with Crippen molar-refractivity contribution in [2.24, 2.45) is 0 Å². The quantitative estimate of drug-likeness (QED) is 0.892. The fraction of sp³-hybridized carbons (Fsp3) is 0.250. The summed E-state index contributed by atoms with van der Waals surface area (Å²) in [6, 6.07) is 11.0. The zero-order chi connectivity index (χ0) is 14.9. The van der Waals surface area contributed by atoms with Crippen LogP contribution in [0.4, 0.5) is 5.69 Å². The molecule has 4 nitrogen and oxygen atoms in total. The smallest absolute Gasteiger partial charge is 0.314 e. The number of carboxylic acids is 1. The highest BCUT2D eigenvalue weighted by Crippen LogP contribution is 2.48. The van der Waals surface area contributed by atoms with Gasteiger partial charge in [-0.2, -0.15) is 0 Å². The summed E-state index contributed by atoms with van der Waals surface area (Å²) in [7, 11) is 0. The average Bonchev–Trinajstić information content (AvgIpc) is 3.12. The molecule has 1 aromatic carbocycles. The first kappa shape index (κ1) is 13.8. The lowest BCUT2D eigenvalue weighted by Gasteiger charge is -2.11. The highest BCUT2D eigenvalue weighted by molar-refractivity contribution is 7.10. The largest absolute Gasteiger partial charge is 0.481 e. The summed E-state index contributed by atoms with van der Waals surface area (Å²) in [5.74, 6) is -0.832. The van der Waals surface area contributed by atoms with Crippen molar-refractivity contribution in [3.63, 3.8) is 0 Å². The fourth-order valence-electron chi connectivity index (χ4n) is 2.40. The zero-order valence-electron chi connectivity index (χ0n) is 11.3. The second-order valence-corrected chi connectivity index (χ2v) is 6.30. The SMILES string of the molecule is O=C(Cc1cccs1)Nc1ccc(C2(C(=O)O)CC2)cc1. The predicted molar refractivity (Wildman–Crippen MR) is 81.6 cm³/mol. The molecule has 5 heteroatoms. The lowest BCUT2D eigenvalue weighted by molar-refractivity contribution is -0.140. The molecule has 0 unspecified atom stereocenters. The van der Waals surface area contributed by atoms with E-state index in [4.69, 9.17) is 0 Å². The van der Waals surface area contributed by atoms with Crippen molar-refractivity contribution in [1.29, 1.82) is 0 Å². The van der Waals surface area contributed by atoms with Crippen LogP contribution >= 0.6 is 11.3 Å². The number of aliphatic carboxylic acids is 1. The Kier molecular flexibility index (Phi) is 3.51. The molecule has 1 saturated carbocycles. The van der Waals surface area contributed by atoms with E-state index in [0.29, 0.717) is 24.9 Å². The number of hydrogen-bond acceptors (Lipinski definition) is 3. The van der Waals surface area contributed by atoms with E-state index in [2.05, 4.69) is 5.32 Å². The average molecular weight is 301 g/mol. The van der Waals surface area contributed by atoms with E-state index in [1.165, 1.54) is 0 Å². The number of benzene rings is 1. The molecular formula is C16H15NO3S. The van der Waals surface area contributed by atoms with Crippen LogP contribution in [0.25, 0.3) is 0 Å². The molecule has 1 aromatic heterocycles. The van der Waals surface area contributed by atoms with Gasteiger partial charge in [-0.1, -0.05) is 18.2 Å². The second kappa shape index (κ2) is 5.33. The van der Waals surface area contributed by atoms with E-state index < -0.39 is 11.4 Å². The van der Waals surface area contributed by atoms with Crippen molar-refractivity contribution >= 4 is 28.9 Å². The number of carboxylic acid groups (broad SMARTS) is 1. The van der Waals surface area contributed by atoms with Crippen molar-refractivity contribution in [3.05, 3.63) is 52.2 Å². The maximum Gasteiger partial charge on any atom is 0.314 e. The predicted octanol–water partition coefficient (Wildman–Crippen LogP) is 3.05. The summed E-state index contributed by atoms with van der Waals surface area (Å²) in [6.07, 6.45) is 1.73. The molecule has 0 radical (unpaired) electrons. The fourth-order valence-corrected chi connectivity index (χ4v) is 3.10. The van der Waals surface area contributed by atoms with E-state index in [9.17, 15) is 14.7 Å². The Balaban J connectivity index is 1.65. The Morgan fingerprint density at radius 1 is 1.19 bits per heavy atom. The maximum absolute atomic E-state index is 11.9. The number of hydrogen-bond donors (Lipinski definition) is 2. The molecule has 0 atom stereocenters. The molecule has 0 bridgehead atoms. The minimum Gasteiger partial charge on any atom is -0.481 e. The van der Waals surface area contributed by atoms with Crippen molar-refractivity contribution in [1.82, 2.24) is 0 Å². The second-order valence-electron chi connectivity index (χ2n) is 5.27. The van der Waals surface area contributed by atoms with Crippen LogP contribution in [0.3, 0.4) is 0 Å². The van der Waals surface area contributed by atoms with E-state index in [1.807, 2.05) is 17.5 Å². The molecule has 1 fully saturated rings. The molecule has 0 aliphatic heterocycles. The van der Waals surface area contributed by atoms with Gasteiger partial charge in [-0.3, -0.25) is 9.59 Å². The van der Waals surface area contributed by atoms with Gasteiger partial charge >= 0.3 is 5.97 Å². The van der Waals surface area contributed by atoms with Crippen molar-refractivity contribution < 1.29 is 14.7 Å². The maximum atomic E-state index is 11.9. The Labute approximate surface area is 126 Å². The number of nitrogens with one attached hydrogen (secondary N) is 1. The lowest BCUT2D eigenvalue weighted by atomic mass is 9.96. The van der Waals surface area contributed by atoms with E-state index in [1.54, 1.807) is 35.6 Å². The molecule has 1 aliphatic rings. The lowest BCUT2D eigenvalue weighted by Crippen LogP contribution is -2.19. The van der Waals surface area contributed by atoms with Gasteiger partial charge in [-0.15, -0.1) is 11.3 Å². The Morgan fingerprint density at radius 2 is 1.90 bits per heavy atom. The van der Waals surface area contributed by atoms with Crippen molar-refractivity contribution in [3.8, 4) is 0 Å². The van der Waals surface area contributed by atoms with E-state index in [-0.39, 0.29) is 5.91 Å². The third-order valence-corrected chi connectivity index (χ3v) is 4.67. The topological polar surface area (TPSA) is 66.4 Å². The number of thiophene rings is 1. The Hall–Kier alpha value is -2.14. The van der Waals surface area contributed by atoms with Gasteiger partial charge in [0.15, 0.2) is 0 Å². The van der Waals surface area contributed by atoms with Gasteiger partial charge in [0.05, 0.1) is 11.8 Å². The van der Waals surface area contributed by atoms with Crippen molar-refractivity contribution in [2.45, 2.75) is 24.7 Å². The molecule has 1 amide bonds. The molecular weight excluding hydrogens is 286 g/mol. The van der Waals surface area contributed by atoms with Gasteiger partial charge in [0.1, 0.15) is 0 Å². The van der Waals surface area contributed by atoms with Crippen LogP contribution in [-0.2, 0) is 21.4 Å². The van der Waals surface area contributed by atoms with Gasteiger partial charge in [0, 0.05) is 10.6 Å². The summed E-state index contributed by atoms with van der Waals surface area (Å²) in [6.45, 7) is 0. The van der Waals surface area contributed by atoms with Gasteiger partial charge in [-0.05, 0) is 42.0 Å². The monoisotopic (exact) mass is 301 g/mol. The standard InChI is InChI=1S/C16H15NO3S/c18-14(10-13-2-1-9-21-13)17-12-5-3-11(4-6-12)16(7-8-16)15(19)20/h1-6,9H,7-8,10H2,(H,17,18)(H,19,20). The van der Waals surface area contributed by atoms with Crippen LogP contribution in [0, 0.1) is 0 Å². The van der Waals surface area contributed by atoms with Crippen molar-refractivity contribution in [2.75, 3.05) is 5.32 Å². The molecule has 0 spiro atoms. The normalized spacial score (nSPS) is 15.4. The molecule has 108 valence electrons. The number of rotatable bonds is 5. The summed E-state index contributed by atoms with van der Waals surface area (Å²) in [5.41, 5.74) is 0.812. The van der Waals surface area contributed by atoms with Gasteiger partial charge < -0.3 is 10.4 Å². The zero-order valence-corrected chi connectivity index (χ0v) is 12.2. The molecule has 1 heterocycles. The number of carbonyl (C=O) groups excluding carboxylic acids is 1. The van der Waals surface area contributed by atoms with Crippen LogP contribution in [0.1, 0.15) is 23.3 Å². The molecule has 3 rings (SSSR count). The third kappa shape index (κ3) is 2.83. The van der Waals surface area contributed by atoms with Crippen LogP contribution in [0.5, 0.6) is 0 Å². The Bertz CT molecular complexity index is 657. The molecule has 2 N–H and O–H groups in total. The first-order valence-electron chi connectivity index (χ1n) is 6.76. The number of amides is 1. The number of anilines is 1. The molecule has 2 aromatic rings. The third-order valence-electron chi connectivity index (χ3n) is 3.80. The first-order valence-corrected chi connectivity index (χ1v) is 7.64. The van der Waals surface area contributed by atoms with E-state index >= 15 is 0 Å². The van der Waals surface area contributed by atoms with Crippen LogP contribution in [0.2, 0.25) is 0 Å². The van der Waals surface area contributed by atoms with Crippen LogP contribution in [0.15, 0.2) is 41.8 Å².